The van der Waals surface area contributed by atoms with Crippen LogP contribution < -0.4 is 10.4 Å². The van der Waals surface area contributed by atoms with Gasteiger partial charge >= 0.3 is 11.6 Å². The van der Waals surface area contributed by atoms with Gasteiger partial charge in [-0.15, -0.1) is 0 Å². The number of pyridine rings is 1. The zero-order valence-electron chi connectivity index (χ0n) is 16.0. The van der Waals surface area contributed by atoms with Gasteiger partial charge in [-0.25, -0.2) is 9.78 Å². The van der Waals surface area contributed by atoms with Gasteiger partial charge in [0.25, 0.3) is 0 Å². The van der Waals surface area contributed by atoms with Crippen LogP contribution in [-0.2, 0) is 4.79 Å². The maximum atomic E-state index is 12.6. The number of esters is 1. The lowest BCUT2D eigenvalue weighted by Crippen LogP contribution is -2.23. The van der Waals surface area contributed by atoms with Crippen molar-refractivity contribution < 1.29 is 13.9 Å². The van der Waals surface area contributed by atoms with Gasteiger partial charge in [-0.1, -0.05) is 48.0 Å². The molecule has 0 spiro atoms. The predicted molar refractivity (Wildman–Crippen MR) is 114 cm³/mol. The van der Waals surface area contributed by atoms with E-state index in [-0.39, 0.29) is 18.3 Å². The Balaban J connectivity index is 1.88. The van der Waals surface area contributed by atoms with Crippen LogP contribution in [0.25, 0.3) is 22.1 Å². The van der Waals surface area contributed by atoms with Crippen molar-refractivity contribution in [2.75, 3.05) is 0 Å². The Hall–Kier alpha value is -3.44. The van der Waals surface area contributed by atoms with Crippen LogP contribution in [0.15, 0.2) is 70.0 Å². The summed E-state index contributed by atoms with van der Waals surface area (Å²) < 4.78 is 11.2. The fraction of sp³-hybridized carbons (Fsp3) is 0.125. The van der Waals surface area contributed by atoms with E-state index in [0.717, 1.165) is 22.3 Å². The van der Waals surface area contributed by atoms with Gasteiger partial charge in [-0.2, -0.15) is 0 Å². The molecule has 1 atom stereocenters. The molecule has 0 saturated heterocycles. The lowest BCUT2D eigenvalue weighted by atomic mass is 9.83. The van der Waals surface area contributed by atoms with Gasteiger partial charge in [0.2, 0.25) is 0 Å². The smallest absolute Gasteiger partial charge is 0.336 e. The standard InChI is InChI=1S/C24H16ClNO4/c1-13-10-18-22(16(11-19(27)29-18)14-6-3-2-4-7-14)23-21(13)17(12-20(28)30-23)15-8-5-9-26-24(15)25/h2-11,17H,12H2,1H3/t17-/m1/s1. The highest BCUT2D eigenvalue weighted by Crippen LogP contribution is 2.47. The van der Waals surface area contributed by atoms with Crippen LogP contribution >= 0.6 is 11.6 Å². The Bertz CT molecular complexity index is 1360. The summed E-state index contributed by atoms with van der Waals surface area (Å²) in [5.74, 6) is -0.263. The molecule has 0 saturated carbocycles. The van der Waals surface area contributed by atoms with Crippen molar-refractivity contribution in [3.8, 4) is 16.9 Å². The van der Waals surface area contributed by atoms with Crippen LogP contribution in [0.1, 0.15) is 29.0 Å². The molecule has 1 aliphatic rings. The van der Waals surface area contributed by atoms with Crippen LogP contribution in [0.5, 0.6) is 5.75 Å². The van der Waals surface area contributed by atoms with Gasteiger partial charge in [0.05, 0.1) is 11.8 Å². The van der Waals surface area contributed by atoms with E-state index in [1.165, 1.54) is 6.07 Å². The van der Waals surface area contributed by atoms with E-state index in [2.05, 4.69) is 4.98 Å². The van der Waals surface area contributed by atoms with Gasteiger partial charge < -0.3 is 9.15 Å². The first kappa shape index (κ1) is 18.6. The molecule has 30 heavy (non-hydrogen) atoms. The fourth-order valence-corrected chi connectivity index (χ4v) is 4.42. The molecule has 0 bridgehead atoms. The summed E-state index contributed by atoms with van der Waals surface area (Å²) in [4.78, 5) is 29.0. The van der Waals surface area contributed by atoms with Gasteiger partial charge in [0.15, 0.2) is 0 Å². The van der Waals surface area contributed by atoms with Gasteiger partial charge in [-0.05, 0) is 35.7 Å². The van der Waals surface area contributed by atoms with Gasteiger partial charge in [0, 0.05) is 29.3 Å². The van der Waals surface area contributed by atoms with E-state index in [4.69, 9.17) is 20.8 Å². The number of aromatic nitrogens is 1. The number of rotatable bonds is 2. The topological polar surface area (TPSA) is 69.4 Å². The minimum absolute atomic E-state index is 0.155. The van der Waals surface area contributed by atoms with Crippen LogP contribution in [0.4, 0.5) is 0 Å². The molecule has 148 valence electrons. The third-order valence-corrected chi connectivity index (χ3v) is 5.73. The summed E-state index contributed by atoms with van der Waals surface area (Å²) in [5, 5.41) is 0.949. The highest BCUT2D eigenvalue weighted by atomic mass is 35.5. The molecule has 0 unspecified atom stereocenters. The number of hydrogen-bond donors (Lipinski definition) is 0. The second-order valence-electron chi connectivity index (χ2n) is 7.27. The Morgan fingerprint density at radius 2 is 1.87 bits per heavy atom. The monoisotopic (exact) mass is 417 g/mol. The molecular weight excluding hydrogens is 402 g/mol. The fourth-order valence-electron chi connectivity index (χ4n) is 4.17. The maximum Gasteiger partial charge on any atom is 0.336 e. The molecule has 5 nitrogen and oxygen atoms in total. The summed E-state index contributed by atoms with van der Waals surface area (Å²) in [6, 6.07) is 16.4. The van der Waals surface area contributed by atoms with Crippen LogP contribution in [0.3, 0.4) is 0 Å². The molecule has 0 aliphatic carbocycles. The lowest BCUT2D eigenvalue weighted by molar-refractivity contribution is -0.135. The second-order valence-corrected chi connectivity index (χ2v) is 7.63. The van der Waals surface area contributed by atoms with Crippen molar-refractivity contribution in [2.45, 2.75) is 19.3 Å². The Labute approximate surface area is 176 Å². The molecule has 2 aromatic heterocycles. The third kappa shape index (κ3) is 2.99. The Morgan fingerprint density at radius 1 is 1.07 bits per heavy atom. The molecule has 0 N–H and O–H groups in total. The summed E-state index contributed by atoms with van der Waals surface area (Å²) in [5.41, 5.74) is 3.87. The van der Waals surface area contributed by atoms with Crippen LogP contribution in [-0.4, -0.2) is 11.0 Å². The Kier molecular flexibility index (Phi) is 4.40. The first-order valence-electron chi connectivity index (χ1n) is 9.51. The average Bonchev–Trinajstić information content (AvgIpc) is 2.73. The summed E-state index contributed by atoms with van der Waals surface area (Å²) in [7, 11) is 0. The van der Waals surface area contributed by atoms with Crippen molar-refractivity contribution >= 4 is 28.5 Å². The van der Waals surface area contributed by atoms with E-state index < -0.39 is 5.63 Å². The lowest BCUT2D eigenvalue weighted by Gasteiger charge is -2.28. The first-order chi connectivity index (χ1) is 14.5. The molecule has 0 fully saturated rings. The molecular formula is C24H16ClNO4. The summed E-state index contributed by atoms with van der Waals surface area (Å²) in [6.45, 7) is 1.91. The normalized spacial score (nSPS) is 15.7. The molecule has 1 aliphatic heterocycles. The number of ether oxygens (including phenoxy) is 1. The van der Waals surface area contributed by atoms with Crippen molar-refractivity contribution in [2.24, 2.45) is 0 Å². The quantitative estimate of drug-likeness (QED) is 0.192. The largest absolute Gasteiger partial charge is 0.425 e. The Morgan fingerprint density at radius 3 is 2.63 bits per heavy atom. The maximum absolute atomic E-state index is 12.6. The molecule has 2 aromatic carbocycles. The SMILES string of the molecule is Cc1cc2oc(=O)cc(-c3ccccc3)c2c2c1[C@@H](c1cccnc1Cl)CC(=O)O2. The van der Waals surface area contributed by atoms with Crippen molar-refractivity contribution in [3.05, 3.63) is 93.1 Å². The summed E-state index contributed by atoms with van der Waals surface area (Å²) in [6.07, 6.45) is 1.77. The van der Waals surface area contributed by atoms with E-state index >= 15 is 0 Å². The number of fused-ring (bicyclic) bond motifs is 3. The average molecular weight is 418 g/mol. The van der Waals surface area contributed by atoms with E-state index in [0.29, 0.717) is 27.4 Å². The molecule has 4 aromatic rings. The summed E-state index contributed by atoms with van der Waals surface area (Å²) >= 11 is 6.37. The van der Waals surface area contributed by atoms with Crippen molar-refractivity contribution in [1.82, 2.24) is 4.98 Å². The van der Waals surface area contributed by atoms with Crippen LogP contribution in [0, 0.1) is 6.92 Å². The number of halogens is 1. The van der Waals surface area contributed by atoms with E-state index in [1.807, 2.05) is 49.4 Å². The zero-order chi connectivity index (χ0) is 20.8. The highest BCUT2D eigenvalue weighted by molar-refractivity contribution is 6.30. The third-order valence-electron chi connectivity index (χ3n) is 5.42. The van der Waals surface area contributed by atoms with Gasteiger partial charge in [-0.3, -0.25) is 4.79 Å². The van der Waals surface area contributed by atoms with Crippen molar-refractivity contribution in [3.63, 3.8) is 0 Å². The van der Waals surface area contributed by atoms with E-state index in [9.17, 15) is 9.59 Å². The number of nitrogens with zero attached hydrogens (tertiary/aromatic N) is 1. The molecule has 6 heteroatoms. The van der Waals surface area contributed by atoms with Crippen molar-refractivity contribution in [1.29, 1.82) is 0 Å². The minimum atomic E-state index is -0.463. The van der Waals surface area contributed by atoms with E-state index in [1.54, 1.807) is 12.3 Å². The molecule has 0 amide bonds. The van der Waals surface area contributed by atoms with Gasteiger partial charge in [0.1, 0.15) is 16.5 Å². The highest BCUT2D eigenvalue weighted by Gasteiger charge is 2.34. The molecule has 0 radical (unpaired) electrons. The van der Waals surface area contributed by atoms with Crippen LogP contribution in [0.2, 0.25) is 5.15 Å². The number of aryl methyl sites for hydroxylation is 1. The number of benzene rings is 2. The first-order valence-corrected chi connectivity index (χ1v) is 9.88. The molecule has 5 rings (SSSR count). The predicted octanol–water partition coefficient (Wildman–Crippen LogP) is 5.26. The molecule has 3 heterocycles. The number of carbonyl (C=O) groups excluding carboxylic acids is 1. The zero-order valence-corrected chi connectivity index (χ0v) is 16.8. The number of hydrogen-bond acceptors (Lipinski definition) is 5. The second kappa shape index (κ2) is 7.11. The number of carbonyl (C=O) groups is 1. The minimum Gasteiger partial charge on any atom is -0.425 e.